The molecule has 2 aromatic carbocycles. The van der Waals surface area contributed by atoms with Crippen molar-refractivity contribution in [2.24, 2.45) is 5.92 Å². The molecule has 0 saturated carbocycles. The largest absolute Gasteiger partial charge is 0.338 e. The van der Waals surface area contributed by atoms with Crippen molar-refractivity contribution in [3.63, 3.8) is 0 Å². The molecule has 33 heavy (non-hydrogen) atoms. The fourth-order valence-electron chi connectivity index (χ4n) is 3.79. The molecule has 3 heterocycles. The summed E-state index contributed by atoms with van der Waals surface area (Å²) in [6, 6.07) is 15.5. The smallest absolute Gasteiger partial charge is 0.262 e. The van der Waals surface area contributed by atoms with Crippen LogP contribution >= 0.6 is 11.8 Å². The van der Waals surface area contributed by atoms with E-state index in [4.69, 9.17) is 4.52 Å². The number of rotatable bonds is 7. The van der Waals surface area contributed by atoms with E-state index in [2.05, 4.69) is 34.2 Å². The molecule has 0 N–H and O–H groups in total. The van der Waals surface area contributed by atoms with E-state index >= 15 is 0 Å². The maximum absolute atomic E-state index is 13.2. The zero-order valence-electron chi connectivity index (χ0n) is 18.7. The number of benzene rings is 2. The van der Waals surface area contributed by atoms with Crippen LogP contribution in [-0.2, 0) is 12.3 Å². The summed E-state index contributed by atoms with van der Waals surface area (Å²) in [6.45, 7) is 6.90. The monoisotopic (exact) mass is 460 g/mol. The molecule has 0 spiro atoms. The van der Waals surface area contributed by atoms with Crippen LogP contribution in [0.15, 0.2) is 63.0 Å². The van der Waals surface area contributed by atoms with E-state index < -0.39 is 0 Å². The van der Waals surface area contributed by atoms with Gasteiger partial charge in [-0.15, -0.1) is 10.2 Å². The number of aromatic nitrogens is 6. The molecule has 5 aromatic rings. The van der Waals surface area contributed by atoms with Crippen molar-refractivity contribution >= 4 is 28.4 Å². The molecule has 0 aliphatic heterocycles. The third-order valence-electron chi connectivity index (χ3n) is 5.59. The van der Waals surface area contributed by atoms with Crippen molar-refractivity contribution in [2.75, 3.05) is 0 Å². The molecule has 3 aromatic heterocycles. The van der Waals surface area contributed by atoms with Gasteiger partial charge in [-0.3, -0.25) is 13.8 Å². The summed E-state index contributed by atoms with van der Waals surface area (Å²) in [6.07, 6.45) is 0.882. The van der Waals surface area contributed by atoms with E-state index in [0.717, 1.165) is 23.1 Å². The predicted octanol–water partition coefficient (Wildman–Crippen LogP) is 4.74. The van der Waals surface area contributed by atoms with Crippen LogP contribution in [-0.4, -0.2) is 29.3 Å². The highest BCUT2D eigenvalue weighted by molar-refractivity contribution is 7.98. The molecule has 9 heteroatoms. The first kappa shape index (κ1) is 21.4. The second kappa shape index (κ2) is 8.82. The zero-order valence-corrected chi connectivity index (χ0v) is 19.5. The van der Waals surface area contributed by atoms with Crippen molar-refractivity contribution in [2.45, 2.75) is 44.6 Å². The normalized spacial score (nSPS) is 11.8. The van der Waals surface area contributed by atoms with Gasteiger partial charge < -0.3 is 4.52 Å². The first-order chi connectivity index (χ1) is 16.0. The van der Waals surface area contributed by atoms with E-state index in [1.807, 2.05) is 59.9 Å². The summed E-state index contributed by atoms with van der Waals surface area (Å²) in [7, 11) is 0. The highest BCUT2D eigenvalue weighted by atomic mass is 32.2. The molecule has 5 rings (SSSR count). The van der Waals surface area contributed by atoms with Gasteiger partial charge in [0.2, 0.25) is 17.5 Å². The van der Waals surface area contributed by atoms with Gasteiger partial charge in [0.15, 0.2) is 5.16 Å². The maximum Gasteiger partial charge on any atom is 0.262 e. The van der Waals surface area contributed by atoms with Crippen LogP contribution in [0.5, 0.6) is 0 Å². The summed E-state index contributed by atoms with van der Waals surface area (Å²) in [5, 5.41) is 14.2. The molecule has 0 unspecified atom stereocenters. The number of aryl methyl sites for hydroxylation is 2. The molecular weight excluding hydrogens is 436 g/mol. The Balaban J connectivity index is 1.50. The molecule has 0 fully saturated rings. The Bertz CT molecular complexity index is 1500. The van der Waals surface area contributed by atoms with Crippen LogP contribution in [0, 0.1) is 12.8 Å². The lowest BCUT2D eigenvalue weighted by molar-refractivity contribution is 0.391. The lowest BCUT2D eigenvalue weighted by Gasteiger charge is -2.12. The Kier molecular flexibility index (Phi) is 5.72. The molecule has 0 atom stereocenters. The van der Waals surface area contributed by atoms with Gasteiger partial charge in [-0.05, 0) is 37.0 Å². The van der Waals surface area contributed by atoms with Crippen molar-refractivity contribution < 1.29 is 4.52 Å². The minimum absolute atomic E-state index is 0.0394. The molecule has 0 bridgehead atoms. The van der Waals surface area contributed by atoms with E-state index in [1.54, 1.807) is 4.57 Å². The van der Waals surface area contributed by atoms with E-state index in [-0.39, 0.29) is 5.56 Å². The number of hydrogen-bond acceptors (Lipinski definition) is 7. The van der Waals surface area contributed by atoms with Crippen LogP contribution in [0.25, 0.3) is 28.1 Å². The average molecular weight is 461 g/mol. The number of para-hydroxylation sites is 1. The second-order valence-corrected chi connectivity index (χ2v) is 9.33. The van der Waals surface area contributed by atoms with Crippen LogP contribution in [0.3, 0.4) is 0 Å². The van der Waals surface area contributed by atoms with Crippen LogP contribution in [0.2, 0.25) is 0 Å². The van der Waals surface area contributed by atoms with E-state index in [1.165, 1.54) is 11.8 Å². The van der Waals surface area contributed by atoms with E-state index in [0.29, 0.717) is 46.3 Å². The Morgan fingerprint density at radius 2 is 1.85 bits per heavy atom. The molecule has 168 valence electrons. The number of nitrogens with zero attached hydrogens (tertiary/aromatic N) is 6. The van der Waals surface area contributed by atoms with Crippen molar-refractivity contribution in [1.29, 1.82) is 0 Å². The molecule has 0 amide bonds. The molecule has 8 nitrogen and oxygen atoms in total. The first-order valence-electron chi connectivity index (χ1n) is 10.9. The number of hydrogen-bond donors (Lipinski definition) is 0. The summed E-state index contributed by atoms with van der Waals surface area (Å²) in [5.74, 6) is 2.54. The van der Waals surface area contributed by atoms with Gasteiger partial charge in [-0.25, -0.2) is 0 Å². The third-order valence-corrected chi connectivity index (χ3v) is 6.50. The van der Waals surface area contributed by atoms with Gasteiger partial charge in [0.1, 0.15) is 0 Å². The molecule has 0 aliphatic carbocycles. The Labute approximate surface area is 194 Å². The van der Waals surface area contributed by atoms with Gasteiger partial charge in [-0.2, -0.15) is 4.98 Å². The topological polar surface area (TPSA) is 91.1 Å². The van der Waals surface area contributed by atoms with Gasteiger partial charge in [0, 0.05) is 12.1 Å². The molecule has 0 saturated heterocycles. The number of fused-ring (bicyclic) bond motifs is 3. The van der Waals surface area contributed by atoms with Crippen LogP contribution < -0.4 is 5.56 Å². The molecule has 0 aliphatic rings. The van der Waals surface area contributed by atoms with Crippen LogP contribution in [0.1, 0.15) is 31.7 Å². The number of thioether (sulfide) groups is 1. The fourth-order valence-corrected chi connectivity index (χ4v) is 4.57. The fraction of sp³-hybridized carbons (Fsp3) is 0.292. The minimum Gasteiger partial charge on any atom is -0.338 e. The Morgan fingerprint density at radius 1 is 1.06 bits per heavy atom. The van der Waals surface area contributed by atoms with E-state index in [9.17, 15) is 4.79 Å². The van der Waals surface area contributed by atoms with Gasteiger partial charge in [0.25, 0.3) is 5.56 Å². The van der Waals surface area contributed by atoms with Gasteiger partial charge in [0.05, 0.1) is 16.7 Å². The quantitative estimate of drug-likeness (QED) is 0.324. The van der Waals surface area contributed by atoms with Gasteiger partial charge >= 0.3 is 0 Å². The zero-order chi connectivity index (χ0) is 22.9. The first-order valence-corrected chi connectivity index (χ1v) is 11.9. The van der Waals surface area contributed by atoms with Crippen molar-refractivity contribution in [3.05, 3.63) is 70.3 Å². The highest BCUT2D eigenvalue weighted by Gasteiger charge is 2.18. The summed E-state index contributed by atoms with van der Waals surface area (Å²) in [5.41, 5.74) is 2.79. The molecular formula is C24H24N6O2S. The maximum atomic E-state index is 13.2. The summed E-state index contributed by atoms with van der Waals surface area (Å²) >= 11 is 1.45. The Morgan fingerprint density at radius 3 is 2.67 bits per heavy atom. The third kappa shape index (κ3) is 4.04. The predicted molar refractivity (Wildman–Crippen MR) is 128 cm³/mol. The summed E-state index contributed by atoms with van der Waals surface area (Å²) in [4.78, 5) is 17.7. The van der Waals surface area contributed by atoms with Crippen molar-refractivity contribution in [1.82, 2.24) is 29.3 Å². The highest BCUT2D eigenvalue weighted by Crippen LogP contribution is 2.26. The summed E-state index contributed by atoms with van der Waals surface area (Å²) < 4.78 is 9.15. The second-order valence-electron chi connectivity index (χ2n) is 8.39. The van der Waals surface area contributed by atoms with Crippen molar-refractivity contribution in [3.8, 4) is 11.4 Å². The molecule has 0 radical (unpaired) electrons. The SMILES string of the molecule is Cc1ccccc1-c1noc(CSc2nnc3n(CCC(C)C)c(=O)c4ccccc4n23)n1. The Hall–Kier alpha value is -3.46. The average Bonchev–Trinajstić information content (AvgIpc) is 3.45. The van der Waals surface area contributed by atoms with Gasteiger partial charge in [-0.1, -0.05) is 67.2 Å². The lowest BCUT2D eigenvalue weighted by atomic mass is 10.1. The van der Waals surface area contributed by atoms with Crippen LogP contribution in [0.4, 0.5) is 0 Å². The minimum atomic E-state index is -0.0394. The lowest BCUT2D eigenvalue weighted by Crippen LogP contribution is -2.24. The standard InChI is InChI=1S/C24H24N6O2S/c1-15(2)12-13-29-22(31)18-10-6-7-11-19(18)30-23(29)26-27-24(30)33-14-20-25-21(28-32-20)17-9-5-4-8-16(17)3/h4-11,15H,12-14H2,1-3H3.